The van der Waals surface area contributed by atoms with Gasteiger partial charge >= 0.3 is 0 Å². The van der Waals surface area contributed by atoms with Crippen LogP contribution in [0.2, 0.25) is 0 Å². The van der Waals surface area contributed by atoms with Crippen molar-refractivity contribution in [1.29, 1.82) is 0 Å². The summed E-state index contributed by atoms with van der Waals surface area (Å²) < 4.78 is 25.7. The first-order valence-corrected chi connectivity index (χ1v) is 9.81. The van der Waals surface area contributed by atoms with Crippen LogP contribution in [0.1, 0.15) is 18.9 Å². The van der Waals surface area contributed by atoms with Gasteiger partial charge in [-0.25, -0.2) is 9.07 Å². The zero-order valence-corrected chi connectivity index (χ0v) is 17.0. The number of amides is 1. The minimum absolute atomic E-state index is 0.0922. The molecule has 1 N–H and O–H groups in total. The lowest BCUT2D eigenvalue weighted by Crippen LogP contribution is -2.39. The number of halogens is 1. The summed E-state index contributed by atoms with van der Waals surface area (Å²) in [6.45, 7) is 1.83. The van der Waals surface area contributed by atoms with Crippen LogP contribution in [0.4, 0.5) is 10.1 Å². The van der Waals surface area contributed by atoms with Gasteiger partial charge in [0.25, 0.3) is 0 Å². The van der Waals surface area contributed by atoms with E-state index in [0.717, 1.165) is 31.4 Å². The fraction of sp³-hybridized carbons (Fsp3) is 0.381. The Kier molecular flexibility index (Phi) is 5.80. The number of ether oxygens (including phenoxy) is 2. The number of rotatable bonds is 6. The van der Waals surface area contributed by atoms with Crippen molar-refractivity contribution in [3.63, 3.8) is 0 Å². The molecule has 0 radical (unpaired) electrons. The third-order valence-electron chi connectivity index (χ3n) is 5.34. The monoisotopic (exact) mass is 413 g/mol. The molecule has 158 valence electrons. The minimum Gasteiger partial charge on any atom is -0.497 e. The van der Waals surface area contributed by atoms with Crippen LogP contribution in [0.3, 0.4) is 0 Å². The summed E-state index contributed by atoms with van der Waals surface area (Å²) in [5.74, 6) is 0.824. The lowest BCUT2D eigenvalue weighted by molar-refractivity contribution is -0.117. The molecule has 0 saturated carbocycles. The Balaban J connectivity index is 1.34. The molecule has 0 aliphatic carbocycles. The smallest absolute Gasteiger partial charge is 0.238 e. The topological polar surface area (TPSA) is 81.5 Å². The molecule has 9 heteroatoms. The van der Waals surface area contributed by atoms with Gasteiger partial charge in [-0.05, 0) is 25.0 Å². The van der Waals surface area contributed by atoms with Crippen LogP contribution in [-0.4, -0.2) is 59.7 Å². The molecule has 2 heterocycles. The fourth-order valence-electron chi connectivity index (χ4n) is 3.79. The van der Waals surface area contributed by atoms with Crippen LogP contribution < -0.4 is 14.8 Å². The van der Waals surface area contributed by atoms with Crippen LogP contribution in [-0.2, 0) is 4.79 Å². The lowest BCUT2D eigenvalue weighted by Gasteiger charge is -2.31. The Morgan fingerprint density at radius 2 is 1.83 bits per heavy atom. The second-order valence-corrected chi connectivity index (χ2v) is 7.32. The Bertz CT molecular complexity index is 1020. The average molecular weight is 413 g/mol. The van der Waals surface area contributed by atoms with Crippen molar-refractivity contribution in [1.82, 2.24) is 19.9 Å². The summed E-state index contributed by atoms with van der Waals surface area (Å²) in [5.41, 5.74) is 2.03. The highest BCUT2D eigenvalue weighted by atomic mass is 19.1. The van der Waals surface area contributed by atoms with E-state index < -0.39 is 0 Å². The van der Waals surface area contributed by atoms with Crippen LogP contribution in [0.25, 0.3) is 11.0 Å². The Labute approximate surface area is 173 Å². The number of nitrogens with zero attached hydrogens (tertiary/aromatic N) is 4. The van der Waals surface area contributed by atoms with Crippen molar-refractivity contribution >= 4 is 22.6 Å². The fourth-order valence-corrected chi connectivity index (χ4v) is 3.79. The number of methoxy groups -OCH3 is 2. The molecule has 1 aliphatic heterocycles. The van der Waals surface area contributed by atoms with E-state index >= 15 is 0 Å². The second kappa shape index (κ2) is 8.66. The number of likely N-dealkylation sites (tertiary alicyclic amines) is 1. The van der Waals surface area contributed by atoms with Gasteiger partial charge in [-0.1, -0.05) is 5.21 Å². The summed E-state index contributed by atoms with van der Waals surface area (Å²) in [7, 11) is 3.14. The third-order valence-corrected chi connectivity index (χ3v) is 5.34. The third kappa shape index (κ3) is 4.35. The maximum Gasteiger partial charge on any atom is 0.238 e. The molecule has 30 heavy (non-hydrogen) atoms. The molecule has 4 rings (SSSR count). The predicted octanol–water partition coefficient (Wildman–Crippen LogP) is 2.86. The molecular weight excluding hydrogens is 389 g/mol. The quantitative estimate of drug-likeness (QED) is 0.669. The maximum absolute atomic E-state index is 13.4. The number of aromatic nitrogens is 3. The zero-order valence-electron chi connectivity index (χ0n) is 17.0. The van der Waals surface area contributed by atoms with Crippen molar-refractivity contribution < 1.29 is 18.7 Å². The van der Waals surface area contributed by atoms with E-state index in [1.54, 1.807) is 38.5 Å². The van der Waals surface area contributed by atoms with Crippen molar-refractivity contribution in [2.75, 3.05) is 39.2 Å². The van der Waals surface area contributed by atoms with Crippen LogP contribution >= 0.6 is 0 Å². The average Bonchev–Trinajstić information content (AvgIpc) is 3.16. The van der Waals surface area contributed by atoms with Crippen LogP contribution in [0.5, 0.6) is 11.5 Å². The molecule has 1 saturated heterocycles. The first-order chi connectivity index (χ1) is 14.6. The molecule has 0 bridgehead atoms. The first kappa shape index (κ1) is 20.1. The molecule has 0 atom stereocenters. The van der Waals surface area contributed by atoms with Crippen LogP contribution in [0, 0.1) is 5.82 Å². The standard InChI is InChI=1S/C21H24FN5O3/c1-29-17-10-15(11-18(12-17)30-2)23-21(28)13-26-7-5-16(6-8-26)27-20-4-3-14(22)9-19(20)24-25-27/h3-4,9-12,16H,5-8,13H2,1-2H3,(H,23,28). The molecule has 8 nitrogen and oxygen atoms in total. The van der Waals surface area contributed by atoms with Gasteiger partial charge < -0.3 is 14.8 Å². The summed E-state index contributed by atoms with van der Waals surface area (Å²) in [6.07, 6.45) is 1.69. The predicted molar refractivity (Wildman–Crippen MR) is 110 cm³/mol. The van der Waals surface area contributed by atoms with Gasteiger partial charge in [0.1, 0.15) is 22.8 Å². The van der Waals surface area contributed by atoms with Crippen molar-refractivity contribution in [3.8, 4) is 11.5 Å². The van der Waals surface area contributed by atoms with Gasteiger partial charge in [-0.2, -0.15) is 0 Å². The van der Waals surface area contributed by atoms with E-state index in [1.165, 1.54) is 12.1 Å². The first-order valence-electron chi connectivity index (χ1n) is 9.81. The summed E-state index contributed by atoms with van der Waals surface area (Å²) in [5, 5.41) is 11.2. The van der Waals surface area contributed by atoms with E-state index in [-0.39, 0.29) is 17.8 Å². The molecule has 3 aromatic rings. The molecule has 1 amide bonds. The summed E-state index contributed by atoms with van der Waals surface area (Å²) >= 11 is 0. The number of fused-ring (bicyclic) bond motifs is 1. The molecule has 1 aromatic heterocycles. The molecular formula is C21H24FN5O3. The Morgan fingerprint density at radius 3 is 2.50 bits per heavy atom. The number of piperidine rings is 1. The number of benzene rings is 2. The largest absolute Gasteiger partial charge is 0.497 e. The Hall–Kier alpha value is -3.20. The van der Waals surface area contributed by atoms with E-state index in [2.05, 4.69) is 20.5 Å². The Morgan fingerprint density at radius 1 is 1.13 bits per heavy atom. The van der Waals surface area contributed by atoms with E-state index in [9.17, 15) is 9.18 Å². The van der Waals surface area contributed by atoms with Gasteiger partial charge in [0.15, 0.2) is 0 Å². The lowest BCUT2D eigenvalue weighted by atomic mass is 10.0. The normalized spacial score (nSPS) is 15.3. The van der Waals surface area contributed by atoms with Gasteiger partial charge in [0.2, 0.25) is 5.91 Å². The van der Waals surface area contributed by atoms with E-state index in [1.807, 2.05) is 4.68 Å². The van der Waals surface area contributed by atoms with Gasteiger partial charge in [0.05, 0.1) is 32.3 Å². The van der Waals surface area contributed by atoms with Gasteiger partial charge in [-0.15, -0.1) is 5.10 Å². The molecule has 1 fully saturated rings. The molecule has 1 aliphatic rings. The zero-order chi connectivity index (χ0) is 21.1. The SMILES string of the molecule is COc1cc(NC(=O)CN2CCC(n3nnc4cc(F)ccc43)CC2)cc(OC)c1. The summed E-state index contributed by atoms with van der Waals surface area (Å²) in [6, 6.07) is 9.98. The molecule has 0 spiro atoms. The summed E-state index contributed by atoms with van der Waals surface area (Å²) in [4.78, 5) is 14.6. The van der Waals surface area contributed by atoms with Crippen LogP contribution in [0.15, 0.2) is 36.4 Å². The van der Waals surface area contributed by atoms with Crippen molar-refractivity contribution in [3.05, 3.63) is 42.2 Å². The highest BCUT2D eigenvalue weighted by Gasteiger charge is 2.24. The number of anilines is 1. The van der Waals surface area contributed by atoms with Crippen molar-refractivity contribution in [2.24, 2.45) is 0 Å². The number of hydrogen-bond acceptors (Lipinski definition) is 6. The number of nitrogens with one attached hydrogen (secondary N) is 1. The van der Waals surface area contributed by atoms with Gasteiger partial charge in [0, 0.05) is 43.0 Å². The second-order valence-electron chi connectivity index (χ2n) is 7.32. The highest BCUT2D eigenvalue weighted by Crippen LogP contribution is 2.27. The van der Waals surface area contributed by atoms with Crippen molar-refractivity contribution in [2.45, 2.75) is 18.9 Å². The number of hydrogen-bond donors (Lipinski definition) is 1. The minimum atomic E-state index is -0.316. The molecule has 2 aromatic carbocycles. The molecule has 0 unspecified atom stereocenters. The van der Waals surface area contributed by atoms with E-state index in [0.29, 0.717) is 29.2 Å². The van der Waals surface area contributed by atoms with E-state index in [4.69, 9.17) is 9.47 Å². The van der Waals surface area contributed by atoms with Gasteiger partial charge in [-0.3, -0.25) is 9.69 Å². The number of carbonyl (C=O) groups is 1. The number of carbonyl (C=O) groups excluding carboxylic acids is 1. The highest BCUT2D eigenvalue weighted by molar-refractivity contribution is 5.92. The maximum atomic E-state index is 13.4.